The zero-order valence-corrected chi connectivity index (χ0v) is 11.6. The van der Waals surface area contributed by atoms with Crippen molar-refractivity contribution in [2.45, 2.75) is 32.7 Å². The summed E-state index contributed by atoms with van der Waals surface area (Å²) in [6.07, 6.45) is 7.38. The number of aromatic nitrogens is 2. The zero-order chi connectivity index (χ0) is 13.5. The average Bonchev–Trinajstić information content (AvgIpc) is 2.44. The fourth-order valence-electron chi connectivity index (χ4n) is 2.17. The third kappa shape index (κ3) is 4.14. The molecule has 0 fully saturated rings. The molecule has 2 rings (SSSR count). The van der Waals surface area contributed by atoms with E-state index < -0.39 is 0 Å². The summed E-state index contributed by atoms with van der Waals surface area (Å²) in [7, 11) is 0. The lowest BCUT2D eigenvalue weighted by Gasteiger charge is -2.18. The van der Waals surface area contributed by atoms with Gasteiger partial charge in [-0.1, -0.05) is 36.8 Å². The highest BCUT2D eigenvalue weighted by Crippen LogP contribution is 2.16. The molecule has 1 aromatic heterocycles. The zero-order valence-electron chi connectivity index (χ0n) is 11.6. The molecule has 0 aliphatic heterocycles. The monoisotopic (exact) mass is 255 g/mol. The van der Waals surface area contributed by atoms with Gasteiger partial charge >= 0.3 is 0 Å². The molecular weight excluding hydrogens is 234 g/mol. The van der Waals surface area contributed by atoms with Gasteiger partial charge in [0.2, 0.25) is 0 Å². The van der Waals surface area contributed by atoms with E-state index in [9.17, 15) is 0 Å². The van der Waals surface area contributed by atoms with Crippen LogP contribution in [0.4, 0.5) is 0 Å². The Kier molecular flexibility index (Phi) is 5.04. The quantitative estimate of drug-likeness (QED) is 0.862. The molecule has 1 heterocycles. The van der Waals surface area contributed by atoms with E-state index in [1.807, 2.05) is 6.20 Å². The number of hydrogen-bond acceptors (Lipinski definition) is 3. The summed E-state index contributed by atoms with van der Waals surface area (Å²) in [4.78, 5) is 8.60. The number of nitrogens with zero attached hydrogens (tertiary/aromatic N) is 2. The lowest BCUT2D eigenvalue weighted by atomic mass is 10.0. The van der Waals surface area contributed by atoms with Gasteiger partial charge in [-0.25, -0.2) is 0 Å². The summed E-state index contributed by atoms with van der Waals surface area (Å²) in [6, 6.07) is 8.87. The number of benzene rings is 1. The van der Waals surface area contributed by atoms with Crippen LogP contribution >= 0.6 is 0 Å². The van der Waals surface area contributed by atoms with Gasteiger partial charge in [0, 0.05) is 18.6 Å². The van der Waals surface area contributed by atoms with Gasteiger partial charge in [0.15, 0.2) is 0 Å². The van der Waals surface area contributed by atoms with Gasteiger partial charge < -0.3 is 5.32 Å². The maximum absolute atomic E-state index is 4.43. The van der Waals surface area contributed by atoms with Crippen molar-refractivity contribution in [1.29, 1.82) is 0 Å². The Labute approximate surface area is 115 Å². The van der Waals surface area contributed by atoms with E-state index in [0.717, 1.165) is 25.1 Å². The Bertz CT molecular complexity index is 496. The fourth-order valence-corrected chi connectivity index (χ4v) is 2.17. The number of rotatable bonds is 6. The normalized spacial score (nSPS) is 12.3. The minimum Gasteiger partial charge on any atom is -0.308 e. The minimum atomic E-state index is 0.232. The molecule has 0 saturated carbocycles. The lowest BCUT2D eigenvalue weighted by Crippen LogP contribution is -2.25. The molecule has 19 heavy (non-hydrogen) atoms. The molecule has 0 spiro atoms. The summed E-state index contributed by atoms with van der Waals surface area (Å²) in [5.74, 6) is 0. The van der Waals surface area contributed by atoms with Crippen LogP contribution in [0.2, 0.25) is 0 Å². The molecule has 3 nitrogen and oxygen atoms in total. The van der Waals surface area contributed by atoms with E-state index in [2.05, 4.69) is 53.4 Å². The van der Waals surface area contributed by atoms with Crippen LogP contribution in [0.15, 0.2) is 42.9 Å². The third-order valence-corrected chi connectivity index (χ3v) is 3.10. The van der Waals surface area contributed by atoms with Crippen molar-refractivity contribution >= 4 is 0 Å². The van der Waals surface area contributed by atoms with E-state index in [4.69, 9.17) is 0 Å². The van der Waals surface area contributed by atoms with Crippen LogP contribution in [-0.4, -0.2) is 16.5 Å². The highest BCUT2D eigenvalue weighted by atomic mass is 14.9. The van der Waals surface area contributed by atoms with Crippen LogP contribution < -0.4 is 5.32 Å². The summed E-state index contributed by atoms with van der Waals surface area (Å²) >= 11 is 0. The van der Waals surface area contributed by atoms with Crippen LogP contribution in [0.5, 0.6) is 0 Å². The Morgan fingerprint density at radius 1 is 1.26 bits per heavy atom. The van der Waals surface area contributed by atoms with Crippen LogP contribution in [-0.2, 0) is 6.42 Å². The standard InChI is InChI=1S/C16H21N3/c1-3-7-18-15(16-12-17-8-9-19-16)11-14-6-4-5-13(2)10-14/h4-6,8-10,12,15,18H,3,7,11H2,1-2H3. The number of aryl methyl sites for hydroxylation is 1. The van der Waals surface area contributed by atoms with Crippen LogP contribution in [0, 0.1) is 6.92 Å². The van der Waals surface area contributed by atoms with Crippen molar-refractivity contribution in [1.82, 2.24) is 15.3 Å². The van der Waals surface area contributed by atoms with Crippen molar-refractivity contribution in [3.05, 3.63) is 59.7 Å². The van der Waals surface area contributed by atoms with Gasteiger partial charge in [-0.15, -0.1) is 0 Å². The second kappa shape index (κ2) is 7.00. The average molecular weight is 255 g/mol. The van der Waals surface area contributed by atoms with Crippen molar-refractivity contribution in [3.8, 4) is 0 Å². The molecule has 1 unspecified atom stereocenters. The van der Waals surface area contributed by atoms with E-state index in [-0.39, 0.29) is 6.04 Å². The van der Waals surface area contributed by atoms with Crippen molar-refractivity contribution < 1.29 is 0 Å². The third-order valence-electron chi connectivity index (χ3n) is 3.10. The SMILES string of the molecule is CCCNC(Cc1cccc(C)c1)c1cnccn1. The summed E-state index contributed by atoms with van der Waals surface area (Å²) in [6.45, 7) is 5.29. The largest absolute Gasteiger partial charge is 0.308 e. The number of nitrogens with one attached hydrogen (secondary N) is 1. The first-order chi connectivity index (χ1) is 9.29. The first kappa shape index (κ1) is 13.7. The van der Waals surface area contributed by atoms with E-state index in [1.54, 1.807) is 12.4 Å². The number of hydrogen-bond donors (Lipinski definition) is 1. The Balaban J connectivity index is 2.14. The first-order valence-corrected chi connectivity index (χ1v) is 6.84. The van der Waals surface area contributed by atoms with E-state index in [1.165, 1.54) is 11.1 Å². The topological polar surface area (TPSA) is 37.8 Å². The second-order valence-corrected chi connectivity index (χ2v) is 4.83. The Morgan fingerprint density at radius 3 is 2.84 bits per heavy atom. The predicted octanol–water partition coefficient (Wildman–Crippen LogP) is 3.07. The smallest absolute Gasteiger partial charge is 0.0759 e. The fraction of sp³-hybridized carbons (Fsp3) is 0.375. The van der Waals surface area contributed by atoms with Crippen molar-refractivity contribution in [2.75, 3.05) is 6.54 Å². The molecule has 0 radical (unpaired) electrons. The van der Waals surface area contributed by atoms with Crippen molar-refractivity contribution in [2.24, 2.45) is 0 Å². The highest BCUT2D eigenvalue weighted by Gasteiger charge is 2.12. The van der Waals surface area contributed by atoms with Gasteiger partial charge in [0.25, 0.3) is 0 Å². The predicted molar refractivity (Wildman–Crippen MR) is 77.9 cm³/mol. The van der Waals surface area contributed by atoms with Gasteiger partial charge in [-0.2, -0.15) is 0 Å². The highest BCUT2D eigenvalue weighted by molar-refractivity contribution is 5.24. The minimum absolute atomic E-state index is 0.232. The molecule has 0 saturated heterocycles. The first-order valence-electron chi connectivity index (χ1n) is 6.84. The molecule has 1 atom stereocenters. The van der Waals surface area contributed by atoms with E-state index >= 15 is 0 Å². The molecule has 3 heteroatoms. The molecule has 0 aliphatic rings. The van der Waals surface area contributed by atoms with Gasteiger partial charge in [-0.05, 0) is 31.9 Å². The molecule has 0 aliphatic carbocycles. The summed E-state index contributed by atoms with van der Waals surface area (Å²) in [5, 5.41) is 3.55. The molecule has 100 valence electrons. The molecule has 2 aromatic rings. The van der Waals surface area contributed by atoms with Gasteiger partial charge in [0.05, 0.1) is 11.7 Å². The van der Waals surface area contributed by atoms with Crippen LogP contribution in [0.25, 0.3) is 0 Å². The second-order valence-electron chi connectivity index (χ2n) is 4.83. The maximum atomic E-state index is 4.43. The Hall–Kier alpha value is -1.74. The molecular formula is C16H21N3. The lowest BCUT2D eigenvalue weighted by molar-refractivity contribution is 0.516. The molecule has 0 bridgehead atoms. The van der Waals surface area contributed by atoms with Crippen LogP contribution in [0.1, 0.15) is 36.2 Å². The van der Waals surface area contributed by atoms with E-state index in [0.29, 0.717) is 0 Å². The maximum Gasteiger partial charge on any atom is 0.0759 e. The Morgan fingerprint density at radius 2 is 2.16 bits per heavy atom. The summed E-state index contributed by atoms with van der Waals surface area (Å²) in [5.41, 5.74) is 3.64. The molecule has 0 amide bonds. The molecule has 1 aromatic carbocycles. The summed E-state index contributed by atoms with van der Waals surface area (Å²) < 4.78 is 0. The van der Waals surface area contributed by atoms with Gasteiger partial charge in [-0.3, -0.25) is 9.97 Å². The van der Waals surface area contributed by atoms with Crippen LogP contribution in [0.3, 0.4) is 0 Å². The van der Waals surface area contributed by atoms with Gasteiger partial charge in [0.1, 0.15) is 0 Å². The van der Waals surface area contributed by atoms with Crippen molar-refractivity contribution in [3.63, 3.8) is 0 Å². The molecule has 1 N–H and O–H groups in total.